The van der Waals surface area contributed by atoms with Gasteiger partial charge in [-0.15, -0.1) is 0 Å². The van der Waals surface area contributed by atoms with E-state index in [1.807, 2.05) is 36.4 Å². The fourth-order valence-electron chi connectivity index (χ4n) is 2.93. The van der Waals surface area contributed by atoms with E-state index in [0.29, 0.717) is 12.2 Å². The Morgan fingerprint density at radius 2 is 1.62 bits per heavy atom. The van der Waals surface area contributed by atoms with E-state index < -0.39 is 6.04 Å². The Morgan fingerprint density at radius 3 is 2.21 bits per heavy atom. The van der Waals surface area contributed by atoms with Gasteiger partial charge < -0.3 is 4.90 Å². The van der Waals surface area contributed by atoms with Crippen molar-refractivity contribution in [3.63, 3.8) is 0 Å². The molecule has 1 aliphatic heterocycles. The number of carbonyl (C=O) groups is 3. The second-order valence-corrected chi connectivity index (χ2v) is 5.76. The van der Waals surface area contributed by atoms with Gasteiger partial charge in [-0.2, -0.15) is 0 Å². The van der Waals surface area contributed by atoms with Crippen molar-refractivity contribution in [2.75, 3.05) is 4.90 Å². The van der Waals surface area contributed by atoms with Gasteiger partial charge in [-0.3, -0.25) is 14.4 Å². The first kappa shape index (κ1) is 15.9. The van der Waals surface area contributed by atoms with Gasteiger partial charge in [0, 0.05) is 13.5 Å². The standard InChI is InChI=1S/C19H18N2O3/c1-14(22)20(13-15-8-4-2-5-9-15)17-12-18(23)21(19(17)24)16-10-6-3-7-11-16/h2-11,17H,12-13H2,1H3. The first-order chi connectivity index (χ1) is 11.6. The van der Waals surface area contributed by atoms with Gasteiger partial charge in [-0.25, -0.2) is 4.90 Å². The zero-order valence-corrected chi connectivity index (χ0v) is 13.4. The molecule has 0 N–H and O–H groups in total. The number of carbonyl (C=O) groups excluding carboxylic acids is 3. The molecule has 0 radical (unpaired) electrons. The third-order valence-electron chi connectivity index (χ3n) is 4.11. The summed E-state index contributed by atoms with van der Waals surface area (Å²) >= 11 is 0. The van der Waals surface area contributed by atoms with Crippen molar-refractivity contribution in [2.24, 2.45) is 0 Å². The van der Waals surface area contributed by atoms with Gasteiger partial charge in [0.25, 0.3) is 5.91 Å². The van der Waals surface area contributed by atoms with E-state index >= 15 is 0 Å². The summed E-state index contributed by atoms with van der Waals surface area (Å²) in [5.74, 6) is -0.854. The Balaban J connectivity index is 1.86. The summed E-state index contributed by atoms with van der Waals surface area (Å²) < 4.78 is 0. The van der Waals surface area contributed by atoms with Gasteiger partial charge in [0.05, 0.1) is 12.1 Å². The van der Waals surface area contributed by atoms with E-state index in [0.717, 1.165) is 5.56 Å². The highest BCUT2D eigenvalue weighted by Crippen LogP contribution is 2.26. The Morgan fingerprint density at radius 1 is 1.04 bits per heavy atom. The molecule has 2 aromatic carbocycles. The Kier molecular flexibility index (Phi) is 4.42. The smallest absolute Gasteiger partial charge is 0.257 e. The van der Waals surface area contributed by atoms with Crippen LogP contribution in [0.2, 0.25) is 0 Å². The van der Waals surface area contributed by atoms with Gasteiger partial charge >= 0.3 is 0 Å². The van der Waals surface area contributed by atoms with Crippen molar-refractivity contribution in [1.82, 2.24) is 4.90 Å². The third kappa shape index (κ3) is 3.06. The van der Waals surface area contributed by atoms with Crippen LogP contribution in [0.25, 0.3) is 0 Å². The molecule has 5 heteroatoms. The number of nitrogens with zero attached hydrogens (tertiary/aromatic N) is 2. The third-order valence-corrected chi connectivity index (χ3v) is 4.11. The van der Waals surface area contributed by atoms with Crippen LogP contribution >= 0.6 is 0 Å². The lowest BCUT2D eigenvalue weighted by atomic mass is 10.1. The van der Waals surface area contributed by atoms with Gasteiger partial charge in [0.15, 0.2) is 0 Å². The molecular weight excluding hydrogens is 304 g/mol. The molecule has 1 fully saturated rings. The Labute approximate surface area is 140 Å². The van der Waals surface area contributed by atoms with Crippen LogP contribution in [0.1, 0.15) is 18.9 Å². The van der Waals surface area contributed by atoms with Crippen LogP contribution in [0.3, 0.4) is 0 Å². The molecule has 0 aromatic heterocycles. The monoisotopic (exact) mass is 322 g/mol. The molecule has 1 unspecified atom stereocenters. The number of imide groups is 1. The molecule has 0 bridgehead atoms. The average molecular weight is 322 g/mol. The summed E-state index contributed by atoms with van der Waals surface area (Å²) in [6, 6.07) is 17.5. The first-order valence-electron chi connectivity index (χ1n) is 7.81. The van der Waals surface area contributed by atoms with Crippen molar-refractivity contribution >= 4 is 23.4 Å². The molecule has 24 heavy (non-hydrogen) atoms. The highest BCUT2D eigenvalue weighted by Gasteiger charge is 2.43. The fraction of sp³-hybridized carbons (Fsp3) is 0.211. The van der Waals surface area contributed by atoms with E-state index in [1.54, 1.807) is 24.3 Å². The normalized spacial score (nSPS) is 17.2. The van der Waals surface area contributed by atoms with Gasteiger partial charge in [0.1, 0.15) is 6.04 Å². The summed E-state index contributed by atoms with van der Waals surface area (Å²) in [6.07, 6.45) is 0.0140. The van der Waals surface area contributed by atoms with Crippen LogP contribution in [-0.2, 0) is 20.9 Å². The van der Waals surface area contributed by atoms with Gasteiger partial charge in [-0.05, 0) is 17.7 Å². The second kappa shape index (κ2) is 6.66. The van der Waals surface area contributed by atoms with Crippen molar-refractivity contribution < 1.29 is 14.4 Å². The van der Waals surface area contributed by atoms with E-state index in [1.165, 1.54) is 16.7 Å². The molecule has 0 saturated carbocycles. The minimum Gasteiger partial charge on any atom is -0.326 e. The second-order valence-electron chi connectivity index (χ2n) is 5.76. The molecule has 1 aliphatic rings. The molecular formula is C19H18N2O3. The molecule has 1 saturated heterocycles. The number of benzene rings is 2. The maximum absolute atomic E-state index is 12.8. The van der Waals surface area contributed by atoms with E-state index in [2.05, 4.69) is 0 Å². The van der Waals surface area contributed by atoms with Crippen molar-refractivity contribution in [2.45, 2.75) is 25.9 Å². The van der Waals surface area contributed by atoms with E-state index in [4.69, 9.17) is 0 Å². The highest BCUT2D eigenvalue weighted by molar-refractivity contribution is 6.22. The Bertz CT molecular complexity index is 759. The molecule has 3 rings (SSSR count). The number of para-hydroxylation sites is 1. The van der Waals surface area contributed by atoms with Crippen LogP contribution in [-0.4, -0.2) is 28.7 Å². The van der Waals surface area contributed by atoms with Crippen molar-refractivity contribution in [3.05, 3.63) is 66.2 Å². The summed E-state index contributed by atoms with van der Waals surface area (Å²) in [6.45, 7) is 1.73. The zero-order valence-electron chi connectivity index (χ0n) is 13.4. The summed E-state index contributed by atoms with van der Waals surface area (Å²) in [4.78, 5) is 39.8. The average Bonchev–Trinajstić information content (AvgIpc) is 2.88. The van der Waals surface area contributed by atoms with Crippen LogP contribution in [0.5, 0.6) is 0 Å². The quantitative estimate of drug-likeness (QED) is 0.812. The minimum atomic E-state index is -0.754. The Hall–Kier alpha value is -2.95. The molecule has 1 heterocycles. The lowest BCUT2D eigenvalue weighted by Crippen LogP contribution is -2.44. The van der Waals surface area contributed by atoms with Crippen LogP contribution in [0.15, 0.2) is 60.7 Å². The van der Waals surface area contributed by atoms with E-state index in [-0.39, 0.29) is 24.1 Å². The number of amides is 3. The van der Waals surface area contributed by atoms with Gasteiger partial charge in [-0.1, -0.05) is 48.5 Å². The first-order valence-corrected chi connectivity index (χ1v) is 7.81. The zero-order chi connectivity index (χ0) is 17.1. The van der Waals surface area contributed by atoms with Gasteiger partial charge in [0.2, 0.25) is 11.8 Å². The number of hydrogen-bond donors (Lipinski definition) is 0. The number of hydrogen-bond acceptors (Lipinski definition) is 3. The molecule has 3 amide bonds. The molecule has 0 spiro atoms. The summed E-state index contributed by atoms with van der Waals surface area (Å²) in [5.41, 5.74) is 1.46. The highest BCUT2D eigenvalue weighted by atomic mass is 16.2. The van der Waals surface area contributed by atoms with Crippen LogP contribution < -0.4 is 4.90 Å². The van der Waals surface area contributed by atoms with Crippen molar-refractivity contribution in [3.8, 4) is 0 Å². The fourth-order valence-corrected chi connectivity index (χ4v) is 2.93. The summed E-state index contributed by atoms with van der Waals surface area (Å²) in [7, 11) is 0. The molecule has 122 valence electrons. The predicted molar refractivity (Wildman–Crippen MR) is 90.0 cm³/mol. The molecule has 2 aromatic rings. The van der Waals surface area contributed by atoms with Crippen LogP contribution in [0.4, 0.5) is 5.69 Å². The minimum absolute atomic E-state index is 0.0140. The maximum atomic E-state index is 12.8. The summed E-state index contributed by atoms with van der Waals surface area (Å²) in [5, 5.41) is 0. The predicted octanol–water partition coefficient (Wildman–Crippen LogP) is 2.37. The van der Waals surface area contributed by atoms with Crippen molar-refractivity contribution in [1.29, 1.82) is 0 Å². The van der Waals surface area contributed by atoms with Crippen LogP contribution in [0, 0.1) is 0 Å². The lowest BCUT2D eigenvalue weighted by molar-refractivity contribution is -0.137. The lowest BCUT2D eigenvalue weighted by Gasteiger charge is -2.26. The molecule has 1 atom stereocenters. The molecule has 5 nitrogen and oxygen atoms in total. The number of rotatable bonds is 4. The number of anilines is 1. The van der Waals surface area contributed by atoms with E-state index in [9.17, 15) is 14.4 Å². The topological polar surface area (TPSA) is 57.7 Å². The maximum Gasteiger partial charge on any atom is 0.257 e. The molecule has 0 aliphatic carbocycles. The largest absolute Gasteiger partial charge is 0.326 e. The SMILES string of the molecule is CC(=O)N(Cc1ccccc1)C1CC(=O)N(c2ccccc2)C1=O.